The second-order valence-electron chi connectivity index (χ2n) is 5.08. The van der Waals surface area contributed by atoms with Gasteiger partial charge in [-0.2, -0.15) is 5.26 Å². The van der Waals surface area contributed by atoms with Crippen molar-refractivity contribution in [3.63, 3.8) is 0 Å². The van der Waals surface area contributed by atoms with Crippen molar-refractivity contribution in [2.45, 2.75) is 33.1 Å². The summed E-state index contributed by atoms with van der Waals surface area (Å²) in [5.74, 6) is -0.909. The molecule has 6 nitrogen and oxygen atoms in total. The average molecular weight is 329 g/mol. The summed E-state index contributed by atoms with van der Waals surface area (Å²) in [6.45, 7) is 4.87. The first-order valence-electron chi connectivity index (χ1n) is 8.04. The number of nitrogens with zero attached hydrogens (tertiary/aromatic N) is 1. The summed E-state index contributed by atoms with van der Waals surface area (Å²) in [6, 6.07) is 8.18. The van der Waals surface area contributed by atoms with Gasteiger partial charge in [-0.25, -0.2) is 4.79 Å². The van der Waals surface area contributed by atoms with Crippen LogP contribution >= 0.6 is 0 Å². The number of carbonyl (C=O) groups is 2. The number of anilines is 1. The Morgan fingerprint density at radius 3 is 2.50 bits per heavy atom. The molecule has 0 spiro atoms. The molecule has 1 rings (SSSR count). The van der Waals surface area contributed by atoms with E-state index in [1.54, 1.807) is 31.2 Å². The second-order valence-corrected chi connectivity index (χ2v) is 5.08. The smallest absolute Gasteiger partial charge is 0.338 e. The fourth-order valence-corrected chi connectivity index (χ4v) is 1.90. The molecule has 1 aromatic carbocycles. The summed E-state index contributed by atoms with van der Waals surface area (Å²) in [4.78, 5) is 23.6. The minimum Gasteiger partial charge on any atom is -0.462 e. The van der Waals surface area contributed by atoms with Crippen LogP contribution < -0.4 is 10.6 Å². The number of nitrogens with one attached hydrogen (secondary N) is 2. The maximum atomic E-state index is 12.1. The van der Waals surface area contributed by atoms with E-state index in [-0.39, 0.29) is 5.57 Å². The highest BCUT2D eigenvalue weighted by atomic mass is 16.5. The van der Waals surface area contributed by atoms with Crippen LogP contribution in [0.3, 0.4) is 0 Å². The number of ether oxygens (including phenoxy) is 1. The zero-order valence-corrected chi connectivity index (χ0v) is 14.1. The van der Waals surface area contributed by atoms with Crippen molar-refractivity contribution in [3.05, 3.63) is 41.6 Å². The molecule has 2 N–H and O–H groups in total. The molecule has 0 saturated heterocycles. The summed E-state index contributed by atoms with van der Waals surface area (Å²) in [7, 11) is 0. The molecule has 0 aliphatic carbocycles. The van der Waals surface area contributed by atoms with Crippen molar-refractivity contribution >= 4 is 17.6 Å². The number of benzene rings is 1. The van der Waals surface area contributed by atoms with Gasteiger partial charge in [-0.05, 0) is 37.6 Å². The average Bonchev–Trinajstić information content (AvgIpc) is 2.59. The van der Waals surface area contributed by atoms with Crippen LogP contribution in [0.4, 0.5) is 5.69 Å². The molecule has 128 valence electrons. The molecule has 0 aliphatic rings. The first kappa shape index (κ1) is 19.2. The fraction of sp³-hybridized carbons (Fsp3) is 0.389. The third-order valence-corrected chi connectivity index (χ3v) is 3.19. The second kappa shape index (κ2) is 10.8. The standard InChI is InChI=1S/C18H23N3O3/c1-3-5-6-11-20-13-15(12-19)17(22)21-16-9-7-14(8-10-16)18(23)24-4-2/h7-10,13,20H,3-6,11H2,1-2H3,(H,21,22)/b15-13-. The first-order chi connectivity index (χ1) is 11.6. The van der Waals surface area contributed by atoms with Crippen LogP contribution in [0.5, 0.6) is 0 Å². The normalized spacial score (nSPS) is 10.6. The number of esters is 1. The lowest BCUT2D eigenvalue weighted by molar-refractivity contribution is -0.112. The van der Waals surface area contributed by atoms with Gasteiger partial charge >= 0.3 is 5.97 Å². The number of unbranched alkanes of at least 4 members (excludes halogenated alkanes) is 2. The summed E-state index contributed by atoms with van der Waals surface area (Å²) < 4.78 is 4.89. The summed E-state index contributed by atoms with van der Waals surface area (Å²) in [5, 5.41) is 14.7. The number of hydrogen-bond acceptors (Lipinski definition) is 5. The van der Waals surface area contributed by atoms with E-state index in [9.17, 15) is 9.59 Å². The number of carbonyl (C=O) groups excluding carboxylic acids is 2. The number of amides is 1. The Morgan fingerprint density at radius 1 is 1.21 bits per heavy atom. The van der Waals surface area contributed by atoms with Gasteiger partial charge in [0.2, 0.25) is 0 Å². The quantitative estimate of drug-likeness (QED) is 0.314. The SMILES string of the molecule is CCCCCN/C=C(/C#N)C(=O)Nc1ccc(C(=O)OCC)cc1. The van der Waals surface area contributed by atoms with E-state index in [2.05, 4.69) is 17.6 Å². The molecule has 0 aliphatic heterocycles. The third kappa shape index (κ3) is 6.53. The summed E-state index contributed by atoms with van der Waals surface area (Å²) >= 11 is 0. The number of rotatable bonds is 9. The molecule has 0 aromatic heterocycles. The predicted molar refractivity (Wildman–Crippen MR) is 92.3 cm³/mol. The van der Waals surface area contributed by atoms with Crippen LogP contribution in [0.1, 0.15) is 43.5 Å². The van der Waals surface area contributed by atoms with E-state index in [1.807, 2.05) is 6.07 Å². The van der Waals surface area contributed by atoms with Crippen LogP contribution in [0, 0.1) is 11.3 Å². The molecule has 0 unspecified atom stereocenters. The molecule has 0 atom stereocenters. The van der Waals surface area contributed by atoms with Crippen LogP contribution in [-0.2, 0) is 9.53 Å². The fourth-order valence-electron chi connectivity index (χ4n) is 1.90. The molecule has 0 radical (unpaired) electrons. The lowest BCUT2D eigenvalue weighted by atomic mass is 10.2. The van der Waals surface area contributed by atoms with Crippen molar-refractivity contribution in [1.82, 2.24) is 5.32 Å². The monoisotopic (exact) mass is 329 g/mol. The van der Waals surface area contributed by atoms with Crippen LogP contribution in [0.15, 0.2) is 36.0 Å². The topological polar surface area (TPSA) is 91.2 Å². The van der Waals surface area contributed by atoms with Crippen LogP contribution in [0.25, 0.3) is 0 Å². The van der Waals surface area contributed by atoms with E-state index < -0.39 is 11.9 Å². The Kier molecular flexibility index (Phi) is 8.69. The summed E-state index contributed by atoms with van der Waals surface area (Å²) in [5.41, 5.74) is 0.907. The molecular formula is C18H23N3O3. The van der Waals surface area contributed by atoms with E-state index >= 15 is 0 Å². The summed E-state index contributed by atoms with van der Waals surface area (Å²) in [6.07, 6.45) is 4.63. The molecule has 1 amide bonds. The highest BCUT2D eigenvalue weighted by Gasteiger charge is 2.10. The van der Waals surface area contributed by atoms with E-state index in [0.717, 1.165) is 25.8 Å². The predicted octanol–water partition coefficient (Wildman–Crippen LogP) is 2.99. The molecule has 0 saturated carbocycles. The zero-order chi connectivity index (χ0) is 17.8. The molecule has 0 fully saturated rings. The van der Waals surface area contributed by atoms with Gasteiger partial charge in [-0.3, -0.25) is 4.79 Å². The van der Waals surface area contributed by atoms with E-state index in [1.165, 1.54) is 6.20 Å². The maximum Gasteiger partial charge on any atom is 0.338 e. The Hall–Kier alpha value is -2.81. The van der Waals surface area contributed by atoms with Gasteiger partial charge in [0, 0.05) is 18.4 Å². The molecular weight excluding hydrogens is 306 g/mol. The Morgan fingerprint density at radius 2 is 1.92 bits per heavy atom. The molecule has 0 bridgehead atoms. The maximum absolute atomic E-state index is 12.1. The lowest BCUT2D eigenvalue weighted by Crippen LogP contribution is -2.17. The molecule has 24 heavy (non-hydrogen) atoms. The van der Waals surface area contributed by atoms with Gasteiger partial charge in [-0.15, -0.1) is 0 Å². The minimum atomic E-state index is -0.496. The molecule has 6 heteroatoms. The molecule has 0 heterocycles. The van der Waals surface area contributed by atoms with Crippen LogP contribution in [-0.4, -0.2) is 25.0 Å². The third-order valence-electron chi connectivity index (χ3n) is 3.19. The number of hydrogen-bond donors (Lipinski definition) is 2. The van der Waals surface area contributed by atoms with E-state index in [0.29, 0.717) is 17.9 Å². The number of nitriles is 1. The van der Waals surface area contributed by atoms with Gasteiger partial charge in [0.1, 0.15) is 11.6 Å². The van der Waals surface area contributed by atoms with Crippen molar-refractivity contribution < 1.29 is 14.3 Å². The Labute approximate surface area is 142 Å². The zero-order valence-electron chi connectivity index (χ0n) is 14.1. The highest BCUT2D eigenvalue weighted by Crippen LogP contribution is 2.11. The minimum absolute atomic E-state index is 0.000896. The van der Waals surface area contributed by atoms with E-state index in [4.69, 9.17) is 10.00 Å². The Bertz CT molecular complexity index is 615. The Balaban J connectivity index is 2.60. The highest BCUT2D eigenvalue weighted by molar-refractivity contribution is 6.06. The van der Waals surface area contributed by atoms with Gasteiger partial charge in [-0.1, -0.05) is 19.8 Å². The largest absolute Gasteiger partial charge is 0.462 e. The van der Waals surface area contributed by atoms with Crippen LogP contribution in [0.2, 0.25) is 0 Å². The van der Waals surface area contributed by atoms with Gasteiger partial charge in [0.05, 0.1) is 12.2 Å². The van der Waals surface area contributed by atoms with Crippen molar-refractivity contribution in [3.8, 4) is 6.07 Å². The van der Waals surface area contributed by atoms with Gasteiger partial charge in [0.25, 0.3) is 5.91 Å². The van der Waals surface area contributed by atoms with Gasteiger partial charge < -0.3 is 15.4 Å². The van der Waals surface area contributed by atoms with Crippen molar-refractivity contribution in [1.29, 1.82) is 5.26 Å². The van der Waals surface area contributed by atoms with Gasteiger partial charge in [0.15, 0.2) is 0 Å². The lowest BCUT2D eigenvalue weighted by Gasteiger charge is -2.06. The first-order valence-corrected chi connectivity index (χ1v) is 8.04. The van der Waals surface area contributed by atoms with Crippen molar-refractivity contribution in [2.75, 3.05) is 18.5 Å². The molecule has 1 aromatic rings. The van der Waals surface area contributed by atoms with Crippen molar-refractivity contribution in [2.24, 2.45) is 0 Å².